The van der Waals surface area contributed by atoms with Gasteiger partial charge in [0.1, 0.15) is 11.4 Å². The third-order valence-corrected chi connectivity index (χ3v) is 6.88. The van der Waals surface area contributed by atoms with Gasteiger partial charge in [-0.3, -0.25) is 9.11 Å². The monoisotopic (exact) mass is 465 g/mol. The Morgan fingerprint density at radius 1 is 1.00 bits per heavy atom. The van der Waals surface area contributed by atoms with Crippen LogP contribution in [0.15, 0.2) is 65.7 Å². The molecule has 3 rings (SSSR count). The first kappa shape index (κ1) is 23.1. The van der Waals surface area contributed by atoms with E-state index < -0.39 is 31.4 Å². The predicted octanol–water partition coefficient (Wildman–Crippen LogP) is 3.21. The number of anilines is 1. The Labute approximate surface area is 182 Å². The molecule has 1 aliphatic rings. The lowest BCUT2D eigenvalue weighted by Gasteiger charge is -2.17. The largest absolute Gasteiger partial charge is 0.361 e. The smallest absolute Gasteiger partial charge is 0.295 e. The molecule has 3 N–H and O–H groups in total. The third-order valence-electron chi connectivity index (χ3n) is 5.18. The van der Waals surface area contributed by atoms with Crippen LogP contribution in [0.2, 0.25) is 0 Å². The molecular weight excluding hydrogens is 440 g/mol. The molecule has 0 unspecified atom stereocenters. The van der Waals surface area contributed by atoms with Crippen LogP contribution in [0.1, 0.15) is 25.8 Å². The maximum Gasteiger partial charge on any atom is 0.295 e. The maximum atomic E-state index is 12.0. The minimum absolute atomic E-state index is 0.133. The number of allylic oxidation sites excluding steroid dienone is 1. The minimum atomic E-state index is -4.47. The molecule has 0 radical (unpaired) electrons. The number of para-hydroxylation sites is 1. The molecule has 0 amide bonds. The van der Waals surface area contributed by atoms with Gasteiger partial charge in [-0.1, -0.05) is 24.3 Å². The van der Waals surface area contributed by atoms with E-state index in [-0.39, 0.29) is 17.9 Å². The van der Waals surface area contributed by atoms with Crippen molar-refractivity contribution in [2.75, 3.05) is 17.6 Å². The van der Waals surface area contributed by atoms with Crippen molar-refractivity contribution in [2.24, 2.45) is 0 Å². The van der Waals surface area contributed by atoms with Crippen LogP contribution in [0.5, 0.6) is 0 Å². The number of rotatable bonds is 8. The van der Waals surface area contributed by atoms with Crippen LogP contribution in [-0.4, -0.2) is 48.5 Å². The van der Waals surface area contributed by atoms with E-state index in [1.807, 2.05) is 48.8 Å². The van der Waals surface area contributed by atoms with Crippen LogP contribution >= 0.6 is 0 Å². The quantitative estimate of drug-likeness (QED) is 0.404. The van der Waals surface area contributed by atoms with Crippen LogP contribution in [0.25, 0.3) is 0 Å². The zero-order valence-corrected chi connectivity index (χ0v) is 18.8. The SMILES string of the molecule is CC1(C)C(C=CNc2ccccc2)=[N+](CCCS(=O)(=O)O)c2cccc(S(=O)(=O)O)c21. The molecule has 0 atom stereocenters. The lowest BCUT2D eigenvalue weighted by atomic mass is 9.81. The summed E-state index contributed by atoms with van der Waals surface area (Å²) in [5, 5.41) is 3.15. The Balaban J connectivity index is 2.06. The second kappa shape index (κ2) is 8.54. The van der Waals surface area contributed by atoms with Gasteiger partial charge in [0.15, 0.2) is 5.71 Å². The summed E-state index contributed by atoms with van der Waals surface area (Å²) in [5.74, 6) is -0.420. The molecule has 2 aromatic rings. The summed E-state index contributed by atoms with van der Waals surface area (Å²) >= 11 is 0. The molecule has 0 saturated carbocycles. The standard InChI is InChI=1S/C21H24N2O6S2/c1-21(2)19(12-13-22-16-8-4-3-5-9-16)23(14-7-15-30(24,25)26)17-10-6-11-18(20(17)21)31(27,28)29/h3-6,8-13H,7,14-15H2,1-2H3,(H2,24,25,26,27,28,29)/p+1. The molecule has 31 heavy (non-hydrogen) atoms. The summed E-state index contributed by atoms with van der Waals surface area (Å²) in [5.41, 5.74) is 1.79. The van der Waals surface area contributed by atoms with Gasteiger partial charge >= 0.3 is 0 Å². The molecule has 2 aromatic carbocycles. The molecule has 0 aliphatic carbocycles. The van der Waals surface area contributed by atoms with E-state index in [0.717, 1.165) is 11.4 Å². The average molecular weight is 466 g/mol. The summed E-state index contributed by atoms with van der Waals surface area (Å²) in [7, 11) is -8.59. The maximum absolute atomic E-state index is 12.0. The van der Waals surface area contributed by atoms with Crippen molar-refractivity contribution in [1.82, 2.24) is 0 Å². The zero-order valence-electron chi connectivity index (χ0n) is 17.2. The van der Waals surface area contributed by atoms with Crippen molar-refractivity contribution < 1.29 is 30.5 Å². The molecule has 0 fully saturated rings. The Kier molecular flexibility index (Phi) is 6.38. The van der Waals surface area contributed by atoms with E-state index in [0.29, 0.717) is 11.3 Å². The molecule has 166 valence electrons. The van der Waals surface area contributed by atoms with E-state index in [1.54, 1.807) is 18.3 Å². The van der Waals surface area contributed by atoms with Gasteiger partial charge in [0.05, 0.1) is 16.7 Å². The molecule has 0 aromatic heterocycles. The Morgan fingerprint density at radius 2 is 1.68 bits per heavy atom. The Morgan fingerprint density at radius 3 is 2.29 bits per heavy atom. The van der Waals surface area contributed by atoms with E-state index in [4.69, 9.17) is 4.55 Å². The first-order chi connectivity index (χ1) is 14.4. The van der Waals surface area contributed by atoms with E-state index >= 15 is 0 Å². The number of hydrogen-bond donors (Lipinski definition) is 3. The van der Waals surface area contributed by atoms with Crippen LogP contribution in [0.3, 0.4) is 0 Å². The van der Waals surface area contributed by atoms with Gasteiger partial charge in [-0.25, -0.2) is 0 Å². The number of nitrogens with one attached hydrogen (secondary N) is 1. The topological polar surface area (TPSA) is 124 Å². The molecule has 1 heterocycles. The first-order valence-electron chi connectivity index (χ1n) is 9.60. The second-order valence-electron chi connectivity index (χ2n) is 7.77. The normalized spacial score (nSPS) is 16.0. The van der Waals surface area contributed by atoms with Crippen molar-refractivity contribution in [2.45, 2.75) is 30.6 Å². The molecule has 1 aliphatic heterocycles. The van der Waals surface area contributed by atoms with Gasteiger partial charge < -0.3 is 5.32 Å². The molecule has 0 saturated heterocycles. The van der Waals surface area contributed by atoms with Crippen LogP contribution in [0, 0.1) is 0 Å². The summed E-state index contributed by atoms with van der Waals surface area (Å²) < 4.78 is 67.1. The van der Waals surface area contributed by atoms with Crippen molar-refractivity contribution in [1.29, 1.82) is 0 Å². The van der Waals surface area contributed by atoms with Gasteiger partial charge in [-0.05, 0) is 32.0 Å². The summed E-state index contributed by atoms with van der Waals surface area (Å²) in [6.45, 7) is 3.91. The second-order valence-corrected chi connectivity index (χ2v) is 10.7. The number of hydrogen-bond acceptors (Lipinski definition) is 5. The van der Waals surface area contributed by atoms with E-state index in [1.165, 1.54) is 12.1 Å². The highest BCUT2D eigenvalue weighted by Gasteiger charge is 2.47. The fourth-order valence-corrected chi connectivity index (χ4v) is 5.24. The highest BCUT2D eigenvalue weighted by Crippen LogP contribution is 2.43. The Hall–Kier alpha value is -2.53. The van der Waals surface area contributed by atoms with Crippen LogP contribution in [0.4, 0.5) is 11.4 Å². The third kappa shape index (κ3) is 5.21. The van der Waals surface area contributed by atoms with Crippen molar-refractivity contribution in [3.8, 4) is 0 Å². The predicted molar refractivity (Wildman–Crippen MR) is 119 cm³/mol. The lowest BCUT2D eigenvalue weighted by Crippen LogP contribution is -2.29. The van der Waals surface area contributed by atoms with Crippen LogP contribution < -0.4 is 5.32 Å². The first-order valence-corrected chi connectivity index (χ1v) is 12.7. The minimum Gasteiger partial charge on any atom is -0.361 e. The van der Waals surface area contributed by atoms with Gasteiger partial charge in [0.2, 0.25) is 5.69 Å². The van der Waals surface area contributed by atoms with Crippen LogP contribution in [-0.2, 0) is 25.7 Å². The number of fused-ring (bicyclic) bond motifs is 1. The Bertz CT molecular complexity index is 1250. The van der Waals surface area contributed by atoms with Gasteiger partial charge in [-0.2, -0.15) is 21.4 Å². The molecule has 0 spiro atoms. The molecule has 0 bridgehead atoms. The van der Waals surface area contributed by atoms with Gasteiger partial charge in [0, 0.05) is 30.5 Å². The van der Waals surface area contributed by atoms with Crippen molar-refractivity contribution in [3.05, 3.63) is 66.4 Å². The van der Waals surface area contributed by atoms with Crippen molar-refractivity contribution >= 4 is 37.3 Å². The lowest BCUT2D eigenvalue weighted by molar-refractivity contribution is -0.437. The van der Waals surface area contributed by atoms with E-state index in [9.17, 15) is 21.4 Å². The highest BCUT2D eigenvalue weighted by atomic mass is 32.2. The summed E-state index contributed by atoms with van der Waals surface area (Å²) in [6.07, 6.45) is 3.66. The van der Waals surface area contributed by atoms with Crippen molar-refractivity contribution in [3.63, 3.8) is 0 Å². The molecule has 8 nitrogen and oxygen atoms in total. The number of benzene rings is 2. The summed E-state index contributed by atoms with van der Waals surface area (Å²) in [4.78, 5) is -0.186. The van der Waals surface area contributed by atoms with Gasteiger partial charge in [-0.15, -0.1) is 0 Å². The van der Waals surface area contributed by atoms with Gasteiger partial charge in [0.25, 0.3) is 20.2 Å². The zero-order chi connectivity index (χ0) is 22.9. The average Bonchev–Trinajstić information content (AvgIpc) is 2.88. The molecular formula is C21H25N2O6S2+. The fourth-order valence-electron chi connectivity index (χ4n) is 3.88. The molecule has 10 heteroatoms. The van der Waals surface area contributed by atoms with E-state index in [2.05, 4.69) is 5.32 Å². The summed E-state index contributed by atoms with van der Waals surface area (Å²) in [6, 6.07) is 14.1. The fraction of sp³-hybridized carbons (Fsp3) is 0.286. The number of nitrogens with zero attached hydrogens (tertiary/aromatic N) is 1. The highest BCUT2D eigenvalue weighted by molar-refractivity contribution is 7.86.